The fourth-order valence-corrected chi connectivity index (χ4v) is 4.92. The van der Waals surface area contributed by atoms with Crippen molar-refractivity contribution in [1.82, 2.24) is 10.2 Å². The number of para-hydroxylation sites is 1. The number of nitrogens with zero attached hydrogens (tertiary/aromatic N) is 3. The van der Waals surface area contributed by atoms with Crippen LogP contribution < -0.4 is 5.32 Å². The summed E-state index contributed by atoms with van der Waals surface area (Å²) in [5, 5.41) is 3.95. The van der Waals surface area contributed by atoms with E-state index in [-0.39, 0.29) is 17.6 Å². The predicted octanol–water partition coefficient (Wildman–Crippen LogP) is 4.59. The lowest BCUT2D eigenvalue weighted by molar-refractivity contribution is -0.124. The molecule has 170 valence electrons. The van der Waals surface area contributed by atoms with Crippen molar-refractivity contribution in [3.05, 3.63) is 101 Å². The highest BCUT2D eigenvalue weighted by Gasteiger charge is 2.41. The fourth-order valence-electron chi connectivity index (χ4n) is 3.89. The van der Waals surface area contributed by atoms with Crippen LogP contribution in [0.3, 0.4) is 0 Å². The molecule has 2 heterocycles. The molecule has 1 atom stereocenters. The molecule has 0 saturated carbocycles. The molecule has 0 fully saturated rings. The van der Waals surface area contributed by atoms with Gasteiger partial charge in [0.25, 0.3) is 5.91 Å². The number of aliphatic imine (C=N–C) groups is 2. The van der Waals surface area contributed by atoms with Crippen molar-refractivity contribution in [3.63, 3.8) is 0 Å². The maximum Gasteiger partial charge on any atom is 0.259 e. The summed E-state index contributed by atoms with van der Waals surface area (Å²) in [5.41, 5.74) is 3.45. The van der Waals surface area contributed by atoms with Crippen LogP contribution in [0, 0.1) is 0 Å². The van der Waals surface area contributed by atoms with E-state index in [1.807, 2.05) is 72.8 Å². The average Bonchev–Trinajstić information content (AvgIpc) is 3.19. The number of carbonyl (C=O) groups excluding carboxylic acids is 2. The highest BCUT2D eigenvalue weighted by atomic mass is 35.5. The van der Waals surface area contributed by atoms with Gasteiger partial charge in [-0.15, -0.1) is 0 Å². The minimum atomic E-state index is -0.525. The fraction of sp³-hybridized carbons (Fsp3) is 0.154. The molecule has 0 unspecified atom stereocenters. The Hall–Kier alpha value is -3.42. The Morgan fingerprint density at radius 2 is 1.74 bits per heavy atom. The van der Waals surface area contributed by atoms with Crippen LogP contribution >= 0.6 is 23.4 Å². The summed E-state index contributed by atoms with van der Waals surface area (Å²) in [6.07, 6.45) is 0.512. The molecular weight excluding hydrogens is 468 g/mol. The molecule has 0 radical (unpaired) electrons. The number of thioether (sulfide) groups is 1. The molecule has 0 saturated heterocycles. The zero-order chi connectivity index (χ0) is 23.5. The summed E-state index contributed by atoms with van der Waals surface area (Å²) < 4.78 is 0. The highest BCUT2D eigenvalue weighted by molar-refractivity contribution is 8.14. The molecule has 5 rings (SSSR count). The lowest BCUT2D eigenvalue weighted by Gasteiger charge is -2.25. The normalized spacial score (nSPS) is 16.4. The first-order chi connectivity index (χ1) is 16.6. The van der Waals surface area contributed by atoms with Gasteiger partial charge >= 0.3 is 0 Å². The van der Waals surface area contributed by atoms with Gasteiger partial charge in [-0.2, -0.15) is 0 Å². The summed E-state index contributed by atoms with van der Waals surface area (Å²) >= 11 is 7.40. The second kappa shape index (κ2) is 9.83. The highest BCUT2D eigenvalue weighted by Crippen LogP contribution is 2.34. The van der Waals surface area contributed by atoms with Gasteiger partial charge in [0.05, 0.1) is 11.4 Å². The average molecular weight is 489 g/mol. The van der Waals surface area contributed by atoms with Gasteiger partial charge in [0.2, 0.25) is 5.91 Å². The first kappa shape index (κ1) is 22.4. The van der Waals surface area contributed by atoms with Gasteiger partial charge in [0, 0.05) is 23.6 Å². The molecule has 0 aromatic heterocycles. The van der Waals surface area contributed by atoms with Gasteiger partial charge < -0.3 is 5.32 Å². The van der Waals surface area contributed by atoms with Gasteiger partial charge in [-0.05, 0) is 29.3 Å². The number of carbonyl (C=O) groups is 2. The molecule has 0 bridgehead atoms. The van der Waals surface area contributed by atoms with E-state index in [1.165, 1.54) is 11.8 Å². The van der Waals surface area contributed by atoms with E-state index >= 15 is 0 Å². The largest absolute Gasteiger partial charge is 0.351 e. The van der Waals surface area contributed by atoms with Crippen molar-refractivity contribution in [2.45, 2.75) is 19.0 Å². The minimum Gasteiger partial charge on any atom is -0.351 e. The van der Waals surface area contributed by atoms with Crippen LogP contribution in [-0.2, 0) is 22.6 Å². The molecule has 1 N–H and O–H groups in total. The second-order valence-electron chi connectivity index (χ2n) is 7.90. The molecule has 6 nitrogen and oxygen atoms in total. The topological polar surface area (TPSA) is 74.1 Å². The molecule has 34 heavy (non-hydrogen) atoms. The number of fused-ring (bicyclic) bond motifs is 3. The number of hydrogen-bond donors (Lipinski definition) is 1. The van der Waals surface area contributed by atoms with E-state index in [1.54, 1.807) is 11.0 Å². The predicted molar refractivity (Wildman–Crippen MR) is 137 cm³/mol. The summed E-state index contributed by atoms with van der Waals surface area (Å²) in [4.78, 5) is 36.9. The van der Waals surface area contributed by atoms with Gasteiger partial charge in [0.15, 0.2) is 5.17 Å². The molecule has 3 aromatic rings. The Labute approximate surface area is 206 Å². The van der Waals surface area contributed by atoms with Gasteiger partial charge in [-0.3, -0.25) is 14.6 Å². The smallest absolute Gasteiger partial charge is 0.259 e. The number of nitrogens with one attached hydrogen (secondary N) is 1. The van der Waals surface area contributed by atoms with Crippen molar-refractivity contribution in [2.24, 2.45) is 9.98 Å². The summed E-state index contributed by atoms with van der Waals surface area (Å²) in [6.45, 7) is 0.336. The third-order valence-electron chi connectivity index (χ3n) is 5.59. The van der Waals surface area contributed by atoms with Crippen molar-refractivity contribution in [1.29, 1.82) is 0 Å². The van der Waals surface area contributed by atoms with Crippen molar-refractivity contribution >= 4 is 51.9 Å². The Bertz CT molecular complexity index is 1310. The van der Waals surface area contributed by atoms with Crippen LogP contribution in [0.2, 0.25) is 5.02 Å². The third kappa shape index (κ3) is 4.62. The van der Waals surface area contributed by atoms with Crippen LogP contribution in [0.4, 0.5) is 5.69 Å². The van der Waals surface area contributed by atoms with E-state index in [2.05, 4.69) is 10.3 Å². The summed E-state index contributed by atoms with van der Waals surface area (Å²) in [6, 6.07) is 24.3. The van der Waals surface area contributed by atoms with Gasteiger partial charge in [0.1, 0.15) is 11.9 Å². The molecule has 2 amide bonds. The van der Waals surface area contributed by atoms with E-state index in [4.69, 9.17) is 16.6 Å². The Morgan fingerprint density at radius 1 is 1.00 bits per heavy atom. The second-order valence-corrected chi connectivity index (χ2v) is 9.25. The molecule has 0 spiro atoms. The lowest BCUT2D eigenvalue weighted by Crippen LogP contribution is -2.42. The number of benzene rings is 3. The van der Waals surface area contributed by atoms with E-state index in [0.717, 1.165) is 22.4 Å². The van der Waals surface area contributed by atoms with Gasteiger partial charge in [-0.25, -0.2) is 9.89 Å². The first-order valence-electron chi connectivity index (χ1n) is 10.9. The maximum atomic E-state index is 13.4. The lowest BCUT2D eigenvalue weighted by atomic mass is 10.1. The SMILES string of the molecule is O=C(CSC1=Nc2ccccc2C2=N[C@H](Cc3ccccc3)C(=O)N12)NCc1ccccc1Cl. The van der Waals surface area contributed by atoms with Crippen molar-refractivity contribution in [3.8, 4) is 0 Å². The first-order valence-corrected chi connectivity index (χ1v) is 12.2. The maximum absolute atomic E-state index is 13.4. The molecule has 3 aromatic carbocycles. The third-order valence-corrected chi connectivity index (χ3v) is 6.89. The molecule has 2 aliphatic heterocycles. The number of hydrogen-bond acceptors (Lipinski definition) is 5. The monoisotopic (exact) mass is 488 g/mol. The number of rotatable bonds is 6. The van der Waals surface area contributed by atoms with E-state index < -0.39 is 6.04 Å². The Morgan fingerprint density at radius 3 is 2.56 bits per heavy atom. The molecule has 8 heteroatoms. The Kier molecular flexibility index (Phi) is 6.47. The zero-order valence-corrected chi connectivity index (χ0v) is 19.7. The zero-order valence-electron chi connectivity index (χ0n) is 18.1. The molecule has 2 aliphatic rings. The summed E-state index contributed by atoms with van der Waals surface area (Å²) in [5.74, 6) is 0.412. The van der Waals surface area contributed by atoms with Crippen molar-refractivity contribution < 1.29 is 9.59 Å². The summed E-state index contributed by atoms with van der Waals surface area (Å²) in [7, 11) is 0. The minimum absolute atomic E-state index is 0.117. The number of halogens is 1. The van der Waals surface area contributed by atoms with Crippen LogP contribution in [0.1, 0.15) is 16.7 Å². The quantitative estimate of drug-likeness (QED) is 0.551. The van der Waals surface area contributed by atoms with Crippen LogP contribution in [0.15, 0.2) is 88.8 Å². The molecule has 0 aliphatic carbocycles. The van der Waals surface area contributed by atoms with Crippen LogP contribution in [0.5, 0.6) is 0 Å². The molecular formula is C26H21ClN4O2S. The Balaban J connectivity index is 1.32. The van der Waals surface area contributed by atoms with Crippen molar-refractivity contribution in [2.75, 3.05) is 5.75 Å². The van der Waals surface area contributed by atoms with Crippen LogP contribution in [0.25, 0.3) is 0 Å². The van der Waals surface area contributed by atoms with E-state index in [0.29, 0.717) is 29.0 Å². The standard InChI is InChI=1S/C26H21ClN4O2S/c27-20-12-6-4-10-18(20)15-28-23(32)16-34-26-30-21-13-7-5-11-19(21)24-29-22(25(33)31(24)26)14-17-8-2-1-3-9-17/h1-13,22H,14-16H2,(H,28,32)/t22-/m1/s1. The van der Waals surface area contributed by atoms with Crippen LogP contribution in [-0.4, -0.2) is 39.5 Å². The van der Waals surface area contributed by atoms with Gasteiger partial charge in [-0.1, -0.05) is 84.0 Å². The number of amidine groups is 2. The number of amides is 2. The van der Waals surface area contributed by atoms with E-state index in [9.17, 15) is 9.59 Å².